The number of hydrogen-bond donors (Lipinski definition) is 1. The van der Waals surface area contributed by atoms with Crippen LogP contribution in [0.15, 0.2) is 24.5 Å². The van der Waals surface area contributed by atoms with Gasteiger partial charge in [-0.3, -0.25) is 0 Å². The summed E-state index contributed by atoms with van der Waals surface area (Å²) in [6.07, 6.45) is 3.99. The van der Waals surface area contributed by atoms with Crippen molar-refractivity contribution in [3.05, 3.63) is 30.1 Å². The lowest BCUT2D eigenvalue weighted by molar-refractivity contribution is 0.280. The summed E-state index contributed by atoms with van der Waals surface area (Å²) in [7, 11) is 6.25. The van der Waals surface area contributed by atoms with Gasteiger partial charge in [0.1, 0.15) is 0 Å². The first-order chi connectivity index (χ1) is 8.63. The molecule has 1 aromatic carbocycles. The molecule has 0 saturated carbocycles. The number of nitrogens with zero attached hydrogens (tertiary/aromatic N) is 3. The lowest BCUT2D eigenvalue weighted by Crippen LogP contribution is -2.20. The molecule has 0 aliphatic carbocycles. The van der Waals surface area contributed by atoms with Gasteiger partial charge in [-0.15, -0.1) is 0 Å². The third kappa shape index (κ3) is 2.54. The van der Waals surface area contributed by atoms with E-state index in [1.807, 2.05) is 17.9 Å². The molecule has 1 atom stereocenters. The van der Waals surface area contributed by atoms with Gasteiger partial charge in [0.15, 0.2) is 0 Å². The second-order valence-corrected chi connectivity index (χ2v) is 5.01. The molecule has 0 aliphatic rings. The molecule has 0 fully saturated rings. The Kier molecular flexibility index (Phi) is 3.99. The van der Waals surface area contributed by atoms with Crippen LogP contribution >= 0.6 is 0 Å². The maximum atomic E-state index is 5.61. The van der Waals surface area contributed by atoms with E-state index in [9.17, 15) is 0 Å². The molecular formula is C14H22N4. The second-order valence-electron chi connectivity index (χ2n) is 5.01. The van der Waals surface area contributed by atoms with Crippen molar-refractivity contribution in [2.75, 3.05) is 20.6 Å². The molecule has 0 radical (unpaired) electrons. The summed E-state index contributed by atoms with van der Waals surface area (Å²) < 4.78 is 2.05. The second kappa shape index (κ2) is 5.50. The Hall–Kier alpha value is -1.39. The van der Waals surface area contributed by atoms with Crippen LogP contribution < -0.4 is 5.73 Å². The Morgan fingerprint density at radius 2 is 2.17 bits per heavy atom. The molecule has 2 rings (SSSR count). The number of aryl methyl sites for hydroxylation is 1. The quantitative estimate of drug-likeness (QED) is 0.876. The van der Waals surface area contributed by atoms with Crippen molar-refractivity contribution in [1.29, 1.82) is 0 Å². The summed E-state index contributed by atoms with van der Waals surface area (Å²) in [5.74, 6) is 0. The predicted octanol–water partition coefficient (Wildman–Crippen LogP) is 1.91. The molecule has 18 heavy (non-hydrogen) atoms. The normalized spacial score (nSPS) is 13.4. The van der Waals surface area contributed by atoms with Crippen molar-refractivity contribution in [2.45, 2.75) is 18.9 Å². The van der Waals surface area contributed by atoms with E-state index in [1.54, 1.807) is 0 Å². The monoisotopic (exact) mass is 246 g/mol. The van der Waals surface area contributed by atoms with E-state index in [0.717, 1.165) is 24.9 Å². The maximum absolute atomic E-state index is 5.61. The number of hydrogen-bond acceptors (Lipinski definition) is 3. The van der Waals surface area contributed by atoms with E-state index in [-0.39, 0.29) is 0 Å². The van der Waals surface area contributed by atoms with E-state index in [1.165, 1.54) is 11.1 Å². The lowest BCUT2D eigenvalue weighted by Gasteiger charge is -2.24. The van der Waals surface area contributed by atoms with Crippen LogP contribution in [0.25, 0.3) is 11.0 Å². The van der Waals surface area contributed by atoms with E-state index < -0.39 is 0 Å². The standard InChI is InChI=1S/C14H22N4/c1-17(2)13(5-4-8-15)11-6-7-14-12(9-11)16-10-18(14)3/h6-7,9-10,13H,4-5,8,15H2,1-3H3. The molecule has 4 nitrogen and oxygen atoms in total. The Morgan fingerprint density at radius 1 is 1.39 bits per heavy atom. The molecule has 98 valence electrons. The van der Waals surface area contributed by atoms with Gasteiger partial charge in [0.25, 0.3) is 0 Å². The average molecular weight is 246 g/mol. The van der Waals surface area contributed by atoms with Crippen LogP contribution in [-0.4, -0.2) is 35.1 Å². The molecule has 4 heteroatoms. The molecule has 0 saturated heterocycles. The van der Waals surface area contributed by atoms with Gasteiger partial charge in [0, 0.05) is 13.1 Å². The molecule has 2 aromatic rings. The van der Waals surface area contributed by atoms with Gasteiger partial charge in [0.05, 0.1) is 17.4 Å². The molecule has 0 amide bonds. The summed E-state index contributed by atoms with van der Waals surface area (Å²) in [5, 5.41) is 0. The highest BCUT2D eigenvalue weighted by atomic mass is 15.1. The minimum Gasteiger partial charge on any atom is -0.334 e. The Labute approximate surface area is 108 Å². The molecule has 1 heterocycles. The molecule has 0 spiro atoms. The number of imidazole rings is 1. The van der Waals surface area contributed by atoms with Crippen molar-refractivity contribution in [3.63, 3.8) is 0 Å². The fourth-order valence-corrected chi connectivity index (χ4v) is 2.39. The predicted molar refractivity (Wildman–Crippen MR) is 75.4 cm³/mol. The first-order valence-corrected chi connectivity index (χ1v) is 6.41. The average Bonchev–Trinajstić information content (AvgIpc) is 2.71. The number of rotatable bonds is 5. The number of benzene rings is 1. The van der Waals surface area contributed by atoms with Gasteiger partial charge in [-0.1, -0.05) is 6.07 Å². The van der Waals surface area contributed by atoms with Crippen molar-refractivity contribution >= 4 is 11.0 Å². The maximum Gasteiger partial charge on any atom is 0.0955 e. The first-order valence-electron chi connectivity index (χ1n) is 6.41. The molecule has 1 unspecified atom stereocenters. The van der Waals surface area contributed by atoms with Gasteiger partial charge >= 0.3 is 0 Å². The molecule has 0 bridgehead atoms. The minimum atomic E-state index is 0.417. The zero-order valence-corrected chi connectivity index (χ0v) is 11.4. The SMILES string of the molecule is CN(C)C(CCCN)c1ccc2c(c1)ncn2C. The highest BCUT2D eigenvalue weighted by Crippen LogP contribution is 2.26. The molecule has 1 aromatic heterocycles. The largest absolute Gasteiger partial charge is 0.334 e. The Balaban J connectivity index is 2.32. The zero-order valence-electron chi connectivity index (χ0n) is 11.4. The van der Waals surface area contributed by atoms with Gasteiger partial charge < -0.3 is 15.2 Å². The van der Waals surface area contributed by atoms with Crippen LogP contribution in [0.1, 0.15) is 24.4 Å². The van der Waals surface area contributed by atoms with E-state index in [2.05, 4.69) is 42.2 Å². The van der Waals surface area contributed by atoms with Crippen LogP contribution in [0.2, 0.25) is 0 Å². The van der Waals surface area contributed by atoms with E-state index in [0.29, 0.717) is 6.04 Å². The summed E-state index contributed by atoms with van der Waals surface area (Å²) in [4.78, 5) is 6.67. The van der Waals surface area contributed by atoms with Crippen molar-refractivity contribution in [1.82, 2.24) is 14.5 Å². The summed E-state index contributed by atoms with van der Waals surface area (Å²) in [5.41, 5.74) is 9.17. The zero-order chi connectivity index (χ0) is 13.1. The molecule has 2 N–H and O–H groups in total. The lowest BCUT2D eigenvalue weighted by atomic mass is 10.0. The van der Waals surface area contributed by atoms with E-state index in [4.69, 9.17) is 5.73 Å². The summed E-state index contributed by atoms with van der Waals surface area (Å²) in [6, 6.07) is 6.96. The van der Waals surface area contributed by atoms with Gasteiger partial charge in [-0.05, 0) is 51.2 Å². The van der Waals surface area contributed by atoms with E-state index >= 15 is 0 Å². The van der Waals surface area contributed by atoms with Crippen molar-refractivity contribution in [3.8, 4) is 0 Å². The minimum absolute atomic E-state index is 0.417. The van der Waals surface area contributed by atoms with Crippen LogP contribution in [0.5, 0.6) is 0 Å². The number of nitrogens with two attached hydrogens (primary N) is 1. The molecule has 0 aliphatic heterocycles. The first kappa shape index (κ1) is 13.1. The Bertz CT molecular complexity index is 515. The van der Waals surface area contributed by atoms with Gasteiger partial charge in [-0.25, -0.2) is 4.98 Å². The van der Waals surface area contributed by atoms with Gasteiger partial charge in [0.2, 0.25) is 0 Å². The van der Waals surface area contributed by atoms with Crippen molar-refractivity contribution in [2.24, 2.45) is 12.8 Å². The van der Waals surface area contributed by atoms with Crippen molar-refractivity contribution < 1.29 is 0 Å². The van der Waals surface area contributed by atoms with Gasteiger partial charge in [-0.2, -0.15) is 0 Å². The fourth-order valence-electron chi connectivity index (χ4n) is 2.39. The fraction of sp³-hybridized carbons (Fsp3) is 0.500. The third-order valence-corrected chi connectivity index (χ3v) is 3.44. The van der Waals surface area contributed by atoms with Crippen LogP contribution in [0.3, 0.4) is 0 Å². The molecular weight excluding hydrogens is 224 g/mol. The van der Waals surface area contributed by atoms with Crippen LogP contribution in [0.4, 0.5) is 0 Å². The smallest absolute Gasteiger partial charge is 0.0955 e. The Morgan fingerprint density at radius 3 is 2.83 bits per heavy atom. The summed E-state index contributed by atoms with van der Waals surface area (Å²) >= 11 is 0. The van der Waals surface area contributed by atoms with Crippen LogP contribution in [0, 0.1) is 0 Å². The van der Waals surface area contributed by atoms with Crippen LogP contribution in [-0.2, 0) is 7.05 Å². The summed E-state index contributed by atoms with van der Waals surface area (Å²) in [6.45, 7) is 0.746. The number of fused-ring (bicyclic) bond motifs is 1. The topological polar surface area (TPSA) is 47.1 Å². The third-order valence-electron chi connectivity index (χ3n) is 3.44. The highest BCUT2D eigenvalue weighted by molar-refractivity contribution is 5.76. The number of aromatic nitrogens is 2. The highest BCUT2D eigenvalue weighted by Gasteiger charge is 2.14.